The second-order valence-corrected chi connectivity index (χ2v) is 8.24. The second kappa shape index (κ2) is 8.05. The largest absolute Gasteiger partial charge is 0.457 e. The van der Waals surface area contributed by atoms with Crippen molar-refractivity contribution in [3.63, 3.8) is 0 Å². The van der Waals surface area contributed by atoms with E-state index in [1.54, 1.807) is 66.7 Å². The van der Waals surface area contributed by atoms with Crippen molar-refractivity contribution in [3.05, 3.63) is 112 Å². The van der Waals surface area contributed by atoms with Crippen LogP contribution in [0.5, 0.6) is 0 Å². The maximum absolute atomic E-state index is 13.3. The topological polar surface area (TPSA) is 63.7 Å². The smallest absolute Gasteiger partial charge is 0.338 e. The Hall–Kier alpha value is -3.77. The minimum atomic E-state index is -0.438. The quantitative estimate of drug-likeness (QED) is 0.272. The first kappa shape index (κ1) is 20.2. The lowest BCUT2D eigenvalue weighted by atomic mass is 9.93. The Balaban J connectivity index is 1.45. The predicted molar refractivity (Wildman–Crippen MR) is 125 cm³/mol. The monoisotopic (exact) mass is 485 g/mol. The van der Waals surface area contributed by atoms with Crippen molar-refractivity contribution in [2.75, 3.05) is 4.90 Å². The highest BCUT2D eigenvalue weighted by molar-refractivity contribution is 9.10. The van der Waals surface area contributed by atoms with E-state index in [-0.39, 0.29) is 18.4 Å². The van der Waals surface area contributed by atoms with E-state index in [2.05, 4.69) is 15.9 Å². The number of anilines is 1. The van der Waals surface area contributed by atoms with Crippen LogP contribution in [-0.4, -0.2) is 17.8 Å². The Labute approximate surface area is 192 Å². The zero-order valence-corrected chi connectivity index (χ0v) is 18.3. The minimum absolute atomic E-state index is 0.0247. The number of hydrogen-bond acceptors (Lipinski definition) is 4. The molecule has 1 aliphatic heterocycles. The average Bonchev–Trinajstić information content (AvgIpc) is 2.83. The average molecular weight is 486 g/mol. The fourth-order valence-corrected chi connectivity index (χ4v) is 4.35. The van der Waals surface area contributed by atoms with E-state index in [0.29, 0.717) is 33.3 Å². The van der Waals surface area contributed by atoms with Gasteiger partial charge in [-0.2, -0.15) is 0 Å². The molecule has 0 aliphatic carbocycles. The van der Waals surface area contributed by atoms with Crippen molar-refractivity contribution in [3.8, 4) is 0 Å². The number of rotatable bonds is 4. The summed E-state index contributed by atoms with van der Waals surface area (Å²) in [5.41, 5.74) is 2.51. The zero-order valence-electron chi connectivity index (χ0n) is 16.7. The number of benzene rings is 4. The molecule has 2 amide bonds. The molecule has 0 N–H and O–H groups in total. The van der Waals surface area contributed by atoms with Crippen molar-refractivity contribution >= 4 is 50.2 Å². The van der Waals surface area contributed by atoms with Gasteiger partial charge in [0.2, 0.25) is 0 Å². The molecule has 0 atom stereocenters. The van der Waals surface area contributed by atoms with Crippen LogP contribution < -0.4 is 4.90 Å². The molecule has 0 fully saturated rings. The van der Waals surface area contributed by atoms with Crippen LogP contribution in [0, 0.1) is 0 Å². The molecule has 4 aromatic rings. The van der Waals surface area contributed by atoms with Gasteiger partial charge in [-0.05, 0) is 53.4 Å². The first-order valence-electron chi connectivity index (χ1n) is 9.96. The van der Waals surface area contributed by atoms with E-state index in [9.17, 15) is 14.4 Å². The molecule has 5 nitrogen and oxygen atoms in total. The normalized spacial score (nSPS) is 12.8. The molecule has 1 aliphatic rings. The van der Waals surface area contributed by atoms with Gasteiger partial charge in [0.15, 0.2) is 0 Å². The van der Waals surface area contributed by atoms with E-state index in [0.717, 1.165) is 9.86 Å². The van der Waals surface area contributed by atoms with E-state index >= 15 is 0 Å². The van der Waals surface area contributed by atoms with Gasteiger partial charge >= 0.3 is 5.97 Å². The molecule has 156 valence electrons. The van der Waals surface area contributed by atoms with E-state index < -0.39 is 5.97 Å². The highest BCUT2D eigenvalue weighted by Crippen LogP contribution is 2.36. The molecular weight excluding hydrogens is 470 g/mol. The van der Waals surface area contributed by atoms with Gasteiger partial charge in [-0.15, -0.1) is 0 Å². The van der Waals surface area contributed by atoms with Crippen molar-refractivity contribution < 1.29 is 19.1 Å². The number of nitrogens with zero attached hydrogens (tertiary/aromatic N) is 1. The summed E-state index contributed by atoms with van der Waals surface area (Å²) in [6, 6.07) is 24.6. The Morgan fingerprint density at radius 3 is 2.31 bits per heavy atom. The van der Waals surface area contributed by atoms with Crippen LogP contribution in [0.1, 0.15) is 36.6 Å². The Morgan fingerprint density at radius 1 is 0.812 bits per heavy atom. The molecule has 4 aromatic carbocycles. The first-order chi connectivity index (χ1) is 15.5. The maximum Gasteiger partial charge on any atom is 0.338 e. The third-order valence-corrected chi connectivity index (χ3v) is 6.09. The second-order valence-electron chi connectivity index (χ2n) is 7.38. The maximum atomic E-state index is 13.3. The van der Waals surface area contributed by atoms with Crippen LogP contribution in [0.25, 0.3) is 10.8 Å². The summed E-state index contributed by atoms with van der Waals surface area (Å²) < 4.78 is 6.22. The molecule has 1 heterocycles. The van der Waals surface area contributed by atoms with Crippen LogP contribution in [0.4, 0.5) is 5.69 Å². The van der Waals surface area contributed by atoms with Crippen LogP contribution in [0.3, 0.4) is 0 Å². The number of carbonyl (C=O) groups is 3. The number of esters is 1. The summed E-state index contributed by atoms with van der Waals surface area (Å²) in [5.74, 6) is -1.21. The molecule has 0 radical (unpaired) electrons. The highest BCUT2D eigenvalue weighted by Gasteiger charge is 2.34. The fourth-order valence-electron chi connectivity index (χ4n) is 3.89. The molecule has 0 spiro atoms. The summed E-state index contributed by atoms with van der Waals surface area (Å²) in [6.45, 7) is 0.0247. The predicted octanol–water partition coefficient (Wildman–Crippen LogP) is 5.76. The van der Waals surface area contributed by atoms with E-state index in [1.807, 2.05) is 18.2 Å². The first-order valence-corrected chi connectivity index (χ1v) is 10.7. The molecular formula is C26H16BrNO4. The minimum Gasteiger partial charge on any atom is -0.457 e. The van der Waals surface area contributed by atoms with Crippen LogP contribution in [-0.2, 0) is 11.3 Å². The summed E-state index contributed by atoms with van der Waals surface area (Å²) >= 11 is 3.50. The number of carbonyl (C=O) groups excluding carboxylic acids is 3. The van der Waals surface area contributed by atoms with Gasteiger partial charge in [0, 0.05) is 21.0 Å². The molecule has 0 aromatic heterocycles. The summed E-state index contributed by atoms with van der Waals surface area (Å²) in [7, 11) is 0. The lowest BCUT2D eigenvalue weighted by Crippen LogP contribution is -2.40. The molecule has 0 saturated heterocycles. The summed E-state index contributed by atoms with van der Waals surface area (Å²) in [4.78, 5) is 40.0. The van der Waals surface area contributed by atoms with Crippen molar-refractivity contribution in [2.45, 2.75) is 6.61 Å². The molecule has 6 heteroatoms. The van der Waals surface area contributed by atoms with Gasteiger partial charge in [0.25, 0.3) is 11.8 Å². The molecule has 0 saturated carbocycles. The van der Waals surface area contributed by atoms with Gasteiger partial charge < -0.3 is 4.74 Å². The van der Waals surface area contributed by atoms with E-state index in [4.69, 9.17) is 4.74 Å². The Morgan fingerprint density at radius 2 is 1.53 bits per heavy atom. The van der Waals surface area contributed by atoms with Crippen LogP contribution in [0.15, 0.2) is 89.4 Å². The molecule has 0 unspecified atom stereocenters. The van der Waals surface area contributed by atoms with Crippen molar-refractivity contribution in [1.82, 2.24) is 0 Å². The third kappa shape index (κ3) is 3.39. The summed E-state index contributed by atoms with van der Waals surface area (Å²) in [6.07, 6.45) is 0. The standard InChI is InChI=1S/C26H16BrNO4/c27-22-13-12-21-23-19(22)10-5-11-20(23)24(29)28(25(21)30)18-9-4-6-16(14-18)15-32-26(31)17-7-2-1-3-8-17/h1-14H,15H2. The molecule has 5 rings (SSSR count). The van der Waals surface area contributed by atoms with Gasteiger partial charge in [0.05, 0.1) is 11.3 Å². The van der Waals surface area contributed by atoms with E-state index in [1.165, 1.54) is 4.90 Å². The van der Waals surface area contributed by atoms with Crippen LogP contribution >= 0.6 is 15.9 Å². The number of ether oxygens (including phenoxy) is 1. The zero-order chi connectivity index (χ0) is 22.2. The lowest BCUT2D eigenvalue weighted by molar-refractivity contribution is 0.0472. The number of imide groups is 1. The van der Waals surface area contributed by atoms with Gasteiger partial charge in [-0.25, -0.2) is 9.69 Å². The third-order valence-electron chi connectivity index (χ3n) is 5.40. The number of hydrogen-bond donors (Lipinski definition) is 0. The number of halogens is 1. The van der Waals surface area contributed by atoms with Crippen LogP contribution in [0.2, 0.25) is 0 Å². The van der Waals surface area contributed by atoms with Crippen molar-refractivity contribution in [2.24, 2.45) is 0 Å². The van der Waals surface area contributed by atoms with Gasteiger partial charge in [0.1, 0.15) is 6.61 Å². The Kier molecular flexibility index (Phi) is 5.07. The highest BCUT2D eigenvalue weighted by atomic mass is 79.9. The molecule has 0 bridgehead atoms. The van der Waals surface area contributed by atoms with Crippen molar-refractivity contribution in [1.29, 1.82) is 0 Å². The Bertz CT molecular complexity index is 1380. The molecule has 32 heavy (non-hydrogen) atoms. The fraction of sp³-hybridized carbons (Fsp3) is 0.0385. The summed E-state index contributed by atoms with van der Waals surface area (Å²) in [5, 5.41) is 1.48. The lowest BCUT2D eigenvalue weighted by Gasteiger charge is -2.27. The SMILES string of the molecule is O=C(OCc1cccc(N2C(=O)c3cccc4c(Br)ccc(c34)C2=O)c1)c1ccccc1. The van der Waals surface area contributed by atoms with Gasteiger partial charge in [-0.1, -0.05) is 58.4 Å². The van der Waals surface area contributed by atoms with Gasteiger partial charge in [-0.3, -0.25) is 9.59 Å². The number of amides is 2.